The summed E-state index contributed by atoms with van der Waals surface area (Å²) in [6, 6.07) is 7.74. The lowest BCUT2D eigenvalue weighted by molar-refractivity contribution is -0.117. The SMILES string of the molecule is CC(Nc1ccc(N2CCCC2=O)cc1)C(C)(C)O. The second-order valence-electron chi connectivity index (χ2n) is 5.72. The van der Waals surface area contributed by atoms with Crippen LogP contribution in [-0.4, -0.2) is 29.2 Å². The molecule has 1 aliphatic rings. The number of carbonyl (C=O) groups excluding carboxylic acids is 1. The summed E-state index contributed by atoms with van der Waals surface area (Å²) >= 11 is 0. The van der Waals surface area contributed by atoms with E-state index < -0.39 is 5.60 Å². The van der Waals surface area contributed by atoms with E-state index in [-0.39, 0.29) is 11.9 Å². The topological polar surface area (TPSA) is 52.6 Å². The lowest BCUT2D eigenvalue weighted by atomic mass is 10.0. The lowest BCUT2D eigenvalue weighted by Gasteiger charge is -2.27. The summed E-state index contributed by atoms with van der Waals surface area (Å²) in [7, 11) is 0. The molecule has 1 atom stereocenters. The van der Waals surface area contributed by atoms with Crippen LogP contribution in [0.3, 0.4) is 0 Å². The van der Waals surface area contributed by atoms with Crippen molar-refractivity contribution in [3.63, 3.8) is 0 Å². The maximum atomic E-state index is 11.6. The fourth-order valence-corrected chi connectivity index (χ4v) is 2.09. The zero-order chi connectivity index (χ0) is 14.0. The summed E-state index contributed by atoms with van der Waals surface area (Å²) in [6.45, 7) is 6.31. The Morgan fingerprint density at radius 3 is 2.42 bits per heavy atom. The Bertz CT molecular complexity index is 448. The van der Waals surface area contributed by atoms with Crippen molar-refractivity contribution < 1.29 is 9.90 Å². The fourth-order valence-electron chi connectivity index (χ4n) is 2.09. The van der Waals surface area contributed by atoms with Crippen molar-refractivity contribution >= 4 is 17.3 Å². The molecule has 2 rings (SSSR count). The van der Waals surface area contributed by atoms with Crippen LogP contribution >= 0.6 is 0 Å². The molecule has 1 fully saturated rings. The molecule has 1 saturated heterocycles. The van der Waals surface area contributed by atoms with Crippen molar-refractivity contribution in [2.75, 3.05) is 16.8 Å². The number of amides is 1. The normalized spacial score (nSPS) is 17.7. The number of aliphatic hydroxyl groups is 1. The first-order valence-corrected chi connectivity index (χ1v) is 6.77. The Labute approximate surface area is 114 Å². The average molecular weight is 262 g/mol. The molecule has 1 aromatic carbocycles. The molecular formula is C15H22N2O2. The molecule has 2 N–H and O–H groups in total. The molecule has 0 aromatic heterocycles. The number of rotatable bonds is 4. The first-order chi connectivity index (χ1) is 8.88. The van der Waals surface area contributed by atoms with Gasteiger partial charge in [0.2, 0.25) is 5.91 Å². The molecule has 0 saturated carbocycles. The summed E-state index contributed by atoms with van der Waals surface area (Å²) in [5.41, 5.74) is 1.12. The van der Waals surface area contributed by atoms with Crippen LogP contribution in [0.5, 0.6) is 0 Å². The number of benzene rings is 1. The van der Waals surface area contributed by atoms with Gasteiger partial charge in [0.05, 0.1) is 11.6 Å². The summed E-state index contributed by atoms with van der Waals surface area (Å²) < 4.78 is 0. The van der Waals surface area contributed by atoms with Crippen molar-refractivity contribution in [3.05, 3.63) is 24.3 Å². The van der Waals surface area contributed by atoms with Gasteiger partial charge in [-0.1, -0.05) is 0 Å². The molecule has 1 heterocycles. The average Bonchev–Trinajstić information content (AvgIpc) is 2.75. The van der Waals surface area contributed by atoms with E-state index >= 15 is 0 Å². The van der Waals surface area contributed by atoms with Gasteiger partial charge in [0.25, 0.3) is 0 Å². The van der Waals surface area contributed by atoms with Crippen molar-refractivity contribution in [2.24, 2.45) is 0 Å². The molecule has 1 unspecified atom stereocenters. The summed E-state index contributed by atoms with van der Waals surface area (Å²) in [5.74, 6) is 0.200. The zero-order valence-electron chi connectivity index (χ0n) is 11.8. The van der Waals surface area contributed by atoms with Crippen LogP contribution in [0.25, 0.3) is 0 Å². The Kier molecular flexibility index (Phi) is 3.80. The van der Waals surface area contributed by atoms with E-state index in [0.717, 1.165) is 24.3 Å². The van der Waals surface area contributed by atoms with Crippen LogP contribution in [0, 0.1) is 0 Å². The second kappa shape index (κ2) is 5.21. The van der Waals surface area contributed by atoms with Gasteiger partial charge in [0.15, 0.2) is 0 Å². The number of nitrogens with zero attached hydrogens (tertiary/aromatic N) is 1. The molecule has 0 aliphatic carbocycles. The molecular weight excluding hydrogens is 240 g/mol. The number of hydrogen-bond donors (Lipinski definition) is 2. The van der Waals surface area contributed by atoms with Crippen molar-refractivity contribution in [2.45, 2.75) is 45.3 Å². The van der Waals surface area contributed by atoms with Crippen molar-refractivity contribution in [3.8, 4) is 0 Å². The van der Waals surface area contributed by atoms with E-state index in [1.54, 1.807) is 13.8 Å². The van der Waals surface area contributed by atoms with E-state index in [1.807, 2.05) is 36.1 Å². The van der Waals surface area contributed by atoms with Crippen LogP contribution in [-0.2, 0) is 4.79 Å². The number of anilines is 2. The van der Waals surface area contributed by atoms with E-state index in [9.17, 15) is 9.90 Å². The van der Waals surface area contributed by atoms with Crippen LogP contribution in [0.15, 0.2) is 24.3 Å². The monoisotopic (exact) mass is 262 g/mol. The van der Waals surface area contributed by atoms with Gasteiger partial charge in [-0.15, -0.1) is 0 Å². The second-order valence-corrected chi connectivity index (χ2v) is 5.72. The Hall–Kier alpha value is -1.55. The highest BCUT2D eigenvalue weighted by atomic mass is 16.3. The highest BCUT2D eigenvalue weighted by molar-refractivity contribution is 5.95. The third-order valence-corrected chi connectivity index (χ3v) is 3.70. The smallest absolute Gasteiger partial charge is 0.227 e. The van der Waals surface area contributed by atoms with Gasteiger partial charge in [0, 0.05) is 24.3 Å². The molecule has 1 aliphatic heterocycles. The van der Waals surface area contributed by atoms with E-state index in [0.29, 0.717) is 6.42 Å². The molecule has 4 heteroatoms. The van der Waals surface area contributed by atoms with Gasteiger partial charge in [-0.25, -0.2) is 0 Å². The molecule has 0 bridgehead atoms. The Morgan fingerprint density at radius 2 is 1.95 bits per heavy atom. The lowest BCUT2D eigenvalue weighted by Crippen LogP contribution is -2.39. The molecule has 0 spiro atoms. The minimum Gasteiger partial charge on any atom is -0.388 e. The van der Waals surface area contributed by atoms with Crippen molar-refractivity contribution in [1.29, 1.82) is 0 Å². The molecule has 104 valence electrons. The first-order valence-electron chi connectivity index (χ1n) is 6.77. The quantitative estimate of drug-likeness (QED) is 0.876. The van der Waals surface area contributed by atoms with Crippen LogP contribution < -0.4 is 10.2 Å². The fraction of sp³-hybridized carbons (Fsp3) is 0.533. The number of nitrogens with one attached hydrogen (secondary N) is 1. The highest BCUT2D eigenvalue weighted by Crippen LogP contribution is 2.24. The van der Waals surface area contributed by atoms with Gasteiger partial charge in [0.1, 0.15) is 0 Å². The zero-order valence-corrected chi connectivity index (χ0v) is 11.8. The van der Waals surface area contributed by atoms with Gasteiger partial charge < -0.3 is 15.3 Å². The van der Waals surface area contributed by atoms with E-state index in [4.69, 9.17) is 0 Å². The van der Waals surface area contributed by atoms with Crippen molar-refractivity contribution in [1.82, 2.24) is 0 Å². The van der Waals surface area contributed by atoms with E-state index in [2.05, 4.69) is 5.32 Å². The van der Waals surface area contributed by atoms with Crippen LogP contribution in [0.1, 0.15) is 33.6 Å². The maximum Gasteiger partial charge on any atom is 0.227 e. The summed E-state index contributed by atoms with van der Waals surface area (Å²) in [6.07, 6.45) is 1.59. The van der Waals surface area contributed by atoms with Gasteiger partial charge in [-0.05, 0) is 51.5 Å². The first kappa shape index (κ1) is 13.9. The predicted molar refractivity (Wildman–Crippen MR) is 77.4 cm³/mol. The van der Waals surface area contributed by atoms with Crippen LogP contribution in [0.4, 0.5) is 11.4 Å². The third-order valence-electron chi connectivity index (χ3n) is 3.70. The summed E-state index contributed by atoms with van der Waals surface area (Å²) in [5, 5.41) is 13.2. The largest absolute Gasteiger partial charge is 0.388 e. The highest BCUT2D eigenvalue weighted by Gasteiger charge is 2.23. The molecule has 1 amide bonds. The molecule has 19 heavy (non-hydrogen) atoms. The van der Waals surface area contributed by atoms with Gasteiger partial charge in [-0.2, -0.15) is 0 Å². The van der Waals surface area contributed by atoms with Gasteiger partial charge >= 0.3 is 0 Å². The summed E-state index contributed by atoms with van der Waals surface area (Å²) in [4.78, 5) is 13.5. The molecule has 0 radical (unpaired) electrons. The van der Waals surface area contributed by atoms with E-state index in [1.165, 1.54) is 0 Å². The Morgan fingerprint density at radius 1 is 1.32 bits per heavy atom. The number of hydrogen-bond acceptors (Lipinski definition) is 3. The number of carbonyl (C=O) groups is 1. The third kappa shape index (κ3) is 3.26. The maximum absolute atomic E-state index is 11.6. The standard InChI is InChI=1S/C15H22N2O2/c1-11(15(2,3)19)16-12-6-8-13(9-7-12)17-10-4-5-14(17)18/h6-9,11,16,19H,4-5,10H2,1-3H3. The molecule has 4 nitrogen and oxygen atoms in total. The predicted octanol–water partition coefficient (Wildman–Crippen LogP) is 2.38. The minimum absolute atomic E-state index is 0.0493. The molecule has 1 aromatic rings. The minimum atomic E-state index is -0.774. The van der Waals surface area contributed by atoms with Crippen LogP contribution in [0.2, 0.25) is 0 Å². The Balaban J connectivity index is 2.04. The van der Waals surface area contributed by atoms with Gasteiger partial charge in [-0.3, -0.25) is 4.79 Å².